The van der Waals surface area contributed by atoms with Crippen LogP contribution in [0.2, 0.25) is 0 Å². The number of carbonyl (C=O) groups is 2. The number of hydrogen-bond donors (Lipinski definition) is 2. The van der Waals surface area contributed by atoms with Gasteiger partial charge in [-0.1, -0.05) is 55.0 Å². The van der Waals surface area contributed by atoms with Crippen molar-refractivity contribution in [3.63, 3.8) is 0 Å². The molecule has 2 aromatic carbocycles. The van der Waals surface area contributed by atoms with E-state index >= 15 is 0 Å². The normalized spacial score (nSPS) is 26.8. The van der Waals surface area contributed by atoms with E-state index in [1.54, 1.807) is 11.0 Å². The van der Waals surface area contributed by atoms with E-state index in [4.69, 9.17) is 4.74 Å². The number of benzene rings is 2. The van der Waals surface area contributed by atoms with Gasteiger partial charge in [0, 0.05) is 31.6 Å². The van der Waals surface area contributed by atoms with Crippen molar-refractivity contribution in [3.8, 4) is 5.75 Å². The van der Waals surface area contributed by atoms with Crippen molar-refractivity contribution in [2.45, 2.75) is 64.1 Å². The molecule has 8 heteroatoms. The fourth-order valence-corrected chi connectivity index (χ4v) is 7.70. The van der Waals surface area contributed by atoms with E-state index in [1.165, 1.54) is 17.7 Å². The van der Waals surface area contributed by atoms with Crippen LogP contribution in [0.3, 0.4) is 0 Å². The highest BCUT2D eigenvalue weighted by atomic mass is 19.1. The number of rotatable bonds is 9. The summed E-state index contributed by atoms with van der Waals surface area (Å²) in [6.45, 7) is 4.84. The van der Waals surface area contributed by atoms with Crippen LogP contribution in [0.1, 0.15) is 56.6 Å². The number of nitrogens with zero attached hydrogens (tertiary/aromatic N) is 2. The van der Waals surface area contributed by atoms with Gasteiger partial charge in [0.2, 0.25) is 11.8 Å². The Morgan fingerprint density at radius 1 is 1.07 bits per heavy atom. The fourth-order valence-electron chi connectivity index (χ4n) is 7.70. The molecule has 2 N–H and O–H groups in total. The molecule has 4 atom stereocenters. The number of piperidine rings is 1. The quantitative estimate of drug-likeness (QED) is 0.314. The first-order chi connectivity index (χ1) is 20.9. The second-order valence-electron chi connectivity index (χ2n) is 12.4. The molecule has 0 unspecified atom stereocenters. The molecule has 2 amide bonds. The number of carbonyl (C=O) groups excluding carboxylic acids is 2. The summed E-state index contributed by atoms with van der Waals surface area (Å²) in [5.74, 6) is -2.21. The maximum absolute atomic E-state index is 13.9. The van der Waals surface area contributed by atoms with E-state index < -0.39 is 17.7 Å². The zero-order chi connectivity index (χ0) is 30.1. The predicted octanol–water partition coefficient (Wildman–Crippen LogP) is 5.08. The number of halogens is 1. The van der Waals surface area contributed by atoms with Crippen LogP contribution in [0.15, 0.2) is 65.3 Å². The second-order valence-corrected chi connectivity index (χ2v) is 12.4. The average Bonchev–Trinajstić information content (AvgIpc) is 3.55. The summed E-state index contributed by atoms with van der Waals surface area (Å²) in [6, 6.07) is 14.6. The van der Waals surface area contributed by atoms with Crippen LogP contribution in [-0.2, 0) is 20.9 Å². The summed E-state index contributed by atoms with van der Waals surface area (Å²) in [7, 11) is 0. The molecule has 3 heterocycles. The highest BCUT2D eigenvalue weighted by Crippen LogP contribution is 2.50. The Morgan fingerprint density at radius 2 is 1.84 bits per heavy atom. The molecule has 0 saturated carbocycles. The number of hydrogen-bond acceptors (Lipinski definition) is 6. The number of amides is 2. The third-order valence-corrected chi connectivity index (χ3v) is 9.93. The number of allylic oxidation sites excluding steroid dienone is 1. The van der Waals surface area contributed by atoms with Gasteiger partial charge < -0.3 is 14.9 Å². The number of phenols is 1. The third-order valence-electron chi connectivity index (χ3n) is 9.93. The van der Waals surface area contributed by atoms with Crippen molar-refractivity contribution < 1.29 is 28.9 Å². The van der Waals surface area contributed by atoms with Crippen LogP contribution >= 0.6 is 0 Å². The first kappa shape index (κ1) is 29.7. The summed E-state index contributed by atoms with van der Waals surface area (Å²) >= 11 is 0. The Hall–Kier alpha value is -3.33. The summed E-state index contributed by atoms with van der Waals surface area (Å²) in [4.78, 5) is 31.6. The largest absolute Gasteiger partial charge is 0.505 e. The van der Waals surface area contributed by atoms with Gasteiger partial charge in [0.25, 0.3) is 0 Å². The molecule has 0 radical (unpaired) electrons. The van der Waals surface area contributed by atoms with Crippen molar-refractivity contribution in [2.24, 2.45) is 17.8 Å². The van der Waals surface area contributed by atoms with Crippen LogP contribution in [0.4, 0.5) is 4.39 Å². The molecule has 0 bridgehead atoms. The first-order valence-corrected chi connectivity index (χ1v) is 15.6. The number of aliphatic hydroxyl groups excluding tert-OH is 1. The molecule has 3 saturated heterocycles. The lowest BCUT2D eigenvalue weighted by molar-refractivity contribution is -0.144. The molecule has 4 aliphatic rings. The molecule has 6 rings (SSSR count). The highest BCUT2D eigenvalue weighted by molar-refractivity contribution is 6.06. The molecule has 0 spiro atoms. The zero-order valence-corrected chi connectivity index (χ0v) is 24.8. The Morgan fingerprint density at radius 3 is 2.53 bits per heavy atom. The van der Waals surface area contributed by atoms with Crippen LogP contribution in [0, 0.1) is 23.6 Å². The molecule has 228 valence electrons. The van der Waals surface area contributed by atoms with Gasteiger partial charge in [0.15, 0.2) is 11.6 Å². The minimum absolute atomic E-state index is 0.0660. The van der Waals surface area contributed by atoms with Gasteiger partial charge in [-0.25, -0.2) is 4.39 Å². The molecule has 2 aromatic rings. The molecular formula is C35H41FN2O5. The highest BCUT2D eigenvalue weighted by Gasteiger charge is 2.58. The summed E-state index contributed by atoms with van der Waals surface area (Å²) in [6.07, 6.45) is 5.85. The lowest BCUT2D eigenvalue weighted by Crippen LogP contribution is -2.47. The summed E-state index contributed by atoms with van der Waals surface area (Å²) < 4.78 is 20.1. The lowest BCUT2D eigenvalue weighted by Gasteiger charge is -2.36. The standard InChI is InChI=1S/C35H41FN2O5/c1-2-22(16-24-8-10-30(40)29(36)17-24)9-11-31-32-25(20-39)18-27-33(28(32)21-43-31)35(42)38(34(27)41)26-12-14-37(15-13-26)19-23-6-4-3-5-7-23/h3-8,10,16-17,26-28,31,33,39-40H,2,9,11-15,18-21H2,1H3/b22-16+/t27-,28+,31-,33-/m1/s1. The summed E-state index contributed by atoms with van der Waals surface area (Å²) in [5, 5.41) is 19.9. The van der Waals surface area contributed by atoms with Crippen LogP contribution in [0.5, 0.6) is 5.75 Å². The van der Waals surface area contributed by atoms with Gasteiger partial charge in [-0.05, 0) is 72.9 Å². The van der Waals surface area contributed by atoms with Gasteiger partial charge in [-0.2, -0.15) is 0 Å². The maximum atomic E-state index is 13.9. The molecular weight excluding hydrogens is 547 g/mol. The first-order valence-electron chi connectivity index (χ1n) is 15.6. The number of likely N-dealkylation sites (tertiary alicyclic amines) is 2. The zero-order valence-electron chi connectivity index (χ0n) is 24.8. The molecule has 43 heavy (non-hydrogen) atoms. The molecule has 0 aromatic heterocycles. The third kappa shape index (κ3) is 5.93. The van der Waals surface area contributed by atoms with E-state index in [0.717, 1.165) is 55.6 Å². The Labute approximate surface area is 252 Å². The molecule has 7 nitrogen and oxygen atoms in total. The molecule has 3 fully saturated rings. The monoisotopic (exact) mass is 588 g/mol. The predicted molar refractivity (Wildman–Crippen MR) is 161 cm³/mol. The van der Waals surface area contributed by atoms with E-state index in [9.17, 15) is 24.2 Å². The Bertz CT molecular complexity index is 1410. The number of ether oxygens (including phenoxy) is 1. The van der Waals surface area contributed by atoms with Crippen LogP contribution in [0.25, 0.3) is 6.08 Å². The van der Waals surface area contributed by atoms with Crippen molar-refractivity contribution in [1.82, 2.24) is 9.80 Å². The van der Waals surface area contributed by atoms with E-state index in [1.807, 2.05) is 31.2 Å². The van der Waals surface area contributed by atoms with E-state index in [0.29, 0.717) is 31.4 Å². The topological polar surface area (TPSA) is 90.3 Å². The smallest absolute Gasteiger partial charge is 0.234 e. The van der Waals surface area contributed by atoms with Gasteiger partial charge in [-0.3, -0.25) is 19.4 Å². The minimum atomic E-state index is -0.650. The SMILES string of the molecule is CC/C(=C\c1ccc(O)c(F)c1)CC[C@H]1OC[C@H]2C1=C(CO)C[C@H]1C(=O)N(C3CCN(Cc4ccccc4)CC3)C(=O)[C@H]12. The lowest BCUT2D eigenvalue weighted by atomic mass is 9.69. The molecule has 3 aliphatic heterocycles. The number of fused-ring (bicyclic) bond motifs is 3. The number of aliphatic hydroxyl groups is 1. The maximum Gasteiger partial charge on any atom is 0.234 e. The van der Waals surface area contributed by atoms with Crippen LogP contribution in [-0.4, -0.2) is 70.3 Å². The van der Waals surface area contributed by atoms with E-state index in [2.05, 4.69) is 17.0 Å². The minimum Gasteiger partial charge on any atom is -0.505 e. The van der Waals surface area contributed by atoms with Gasteiger partial charge in [0.05, 0.1) is 31.2 Å². The van der Waals surface area contributed by atoms with Crippen molar-refractivity contribution in [1.29, 1.82) is 0 Å². The van der Waals surface area contributed by atoms with Crippen molar-refractivity contribution in [2.75, 3.05) is 26.3 Å². The van der Waals surface area contributed by atoms with E-state index in [-0.39, 0.29) is 42.2 Å². The van der Waals surface area contributed by atoms with Crippen molar-refractivity contribution >= 4 is 17.9 Å². The van der Waals surface area contributed by atoms with Gasteiger partial charge in [-0.15, -0.1) is 0 Å². The van der Waals surface area contributed by atoms with Crippen LogP contribution < -0.4 is 0 Å². The number of phenolic OH excluding ortho intramolecular Hbond substituents is 1. The van der Waals surface area contributed by atoms with Gasteiger partial charge in [0.1, 0.15) is 0 Å². The number of aromatic hydroxyl groups is 1. The van der Waals surface area contributed by atoms with Crippen molar-refractivity contribution in [3.05, 3.63) is 82.2 Å². The average molecular weight is 589 g/mol. The fraction of sp³-hybridized carbons (Fsp3) is 0.486. The number of imide groups is 1. The second kappa shape index (κ2) is 12.7. The Balaban J connectivity index is 1.12. The Kier molecular flexibility index (Phi) is 8.80. The molecule has 1 aliphatic carbocycles. The van der Waals surface area contributed by atoms with Gasteiger partial charge >= 0.3 is 0 Å². The summed E-state index contributed by atoms with van der Waals surface area (Å²) in [5.41, 5.74) is 4.93.